The molecule has 2 heterocycles. The van der Waals surface area contributed by atoms with Crippen LogP contribution in [0.3, 0.4) is 0 Å². The highest BCUT2D eigenvalue weighted by atomic mass is 79.9. The Morgan fingerprint density at radius 1 is 0.882 bits per heavy atom. The van der Waals surface area contributed by atoms with Gasteiger partial charge in [-0.3, -0.25) is 0 Å². The summed E-state index contributed by atoms with van der Waals surface area (Å²) in [6, 6.07) is 3.08. The first-order chi connectivity index (χ1) is 8.11. The Balaban J connectivity index is 2.52. The number of benzene rings is 1. The third-order valence-corrected chi connectivity index (χ3v) is 4.46. The molecule has 0 aromatic heterocycles. The van der Waals surface area contributed by atoms with Crippen LogP contribution >= 0.6 is 31.9 Å². The van der Waals surface area contributed by atoms with Crippen molar-refractivity contribution in [3.8, 4) is 0 Å². The van der Waals surface area contributed by atoms with Crippen LogP contribution in [0.15, 0.2) is 21.1 Å². The van der Waals surface area contributed by atoms with E-state index in [0.29, 0.717) is 26.5 Å². The van der Waals surface area contributed by atoms with Gasteiger partial charge in [0.1, 0.15) is 0 Å². The Hall–Kier alpha value is -0.880. The number of fused-ring (bicyclic) bond motifs is 8. The zero-order valence-electron chi connectivity index (χ0n) is 8.66. The second-order valence-corrected chi connectivity index (χ2v) is 5.00. The zero-order valence-corrected chi connectivity index (χ0v) is 11.8. The van der Waals surface area contributed by atoms with Crippen LogP contribution in [0.4, 0.5) is 0 Å². The molecule has 90 valence electrons. The van der Waals surface area contributed by atoms with E-state index < -0.39 is 11.9 Å². The molecule has 0 radical (unpaired) electrons. The topological polar surface area (TPSA) is 52.6 Å². The molecular weight excluding hydrogens is 356 g/mol. The fraction of sp³-hybridized carbons (Fsp3) is 0.273. The van der Waals surface area contributed by atoms with Crippen molar-refractivity contribution >= 4 is 43.8 Å². The minimum absolute atomic E-state index is 0.233. The largest absolute Gasteiger partial charge is 0.462 e. The number of halogens is 2. The second-order valence-electron chi connectivity index (χ2n) is 3.41. The van der Waals surface area contributed by atoms with Crippen molar-refractivity contribution < 1.29 is 19.1 Å². The summed E-state index contributed by atoms with van der Waals surface area (Å²) in [7, 11) is 0. The van der Waals surface area contributed by atoms with Crippen LogP contribution in [0.5, 0.6) is 0 Å². The minimum Gasteiger partial charge on any atom is -0.462 e. The number of rotatable bonds is 0. The van der Waals surface area contributed by atoms with Crippen LogP contribution < -0.4 is 0 Å². The molecule has 17 heavy (non-hydrogen) atoms. The summed E-state index contributed by atoms with van der Waals surface area (Å²) in [5, 5.41) is 0. The van der Waals surface area contributed by atoms with Gasteiger partial charge in [0, 0.05) is 15.4 Å². The SMILES string of the molecule is O=C1OCCCOC(=O)c2ccc1c(Br)c2Br. The third-order valence-electron chi connectivity index (χ3n) is 2.28. The van der Waals surface area contributed by atoms with E-state index in [1.54, 1.807) is 12.1 Å². The van der Waals surface area contributed by atoms with E-state index in [4.69, 9.17) is 9.47 Å². The minimum atomic E-state index is -0.418. The molecule has 2 aliphatic heterocycles. The lowest BCUT2D eigenvalue weighted by Gasteiger charge is -2.08. The van der Waals surface area contributed by atoms with Crippen LogP contribution in [-0.2, 0) is 9.47 Å². The second kappa shape index (κ2) is 5.18. The molecule has 1 aromatic carbocycles. The highest BCUT2D eigenvalue weighted by Crippen LogP contribution is 2.31. The molecule has 0 amide bonds. The molecule has 0 spiro atoms. The number of ether oxygens (including phenoxy) is 2. The quantitative estimate of drug-likeness (QED) is 0.665. The molecule has 0 atom stereocenters. The molecule has 0 N–H and O–H groups in total. The van der Waals surface area contributed by atoms with Crippen molar-refractivity contribution in [1.29, 1.82) is 0 Å². The molecule has 0 unspecified atom stereocenters. The van der Waals surface area contributed by atoms with Crippen molar-refractivity contribution in [2.75, 3.05) is 13.2 Å². The predicted octanol–water partition coefficient (Wildman–Crippen LogP) is 2.93. The van der Waals surface area contributed by atoms with Gasteiger partial charge in [0.2, 0.25) is 0 Å². The molecule has 2 bridgehead atoms. The highest BCUT2D eigenvalue weighted by Gasteiger charge is 2.21. The van der Waals surface area contributed by atoms with Gasteiger partial charge in [0.25, 0.3) is 0 Å². The van der Waals surface area contributed by atoms with Crippen LogP contribution in [-0.4, -0.2) is 25.2 Å². The van der Waals surface area contributed by atoms with E-state index in [-0.39, 0.29) is 13.2 Å². The molecule has 6 heteroatoms. The number of hydrogen-bond acceptors (Lipinski definition) is 4. The van der Waals surface area contributed by atoms with Crippen molar-refractivity contribution in [3.63, 3.8) is 0 Å². The maximum absolute atomic E-state index is 11.7. The summed E-state index contributed by atoms with van der Waals surface area (Å²) in [5.41, 5.74) is 0.769. The van der Waals surface area contributed by atoms with Gasteiger partial charge >= 0.3 is 11.9 Å². The smallest absolute Gasteiger partial charge is 0.339 e. The van der Waals surface area contributed by atoms with Gasteiger partial charge in [0.15, 0.2) is 0 Å². The highest BCUT2D eigenvalue weighted by molar-refractivity contribution is 9.13. The molecule has 0 saturated heterocycles. The molecule has 1 aromatic rings. The lowest BCUT2D eigenvalue weighted by Crippen LogP contribution is -2.08. The number of carbonyl (C=O) groups is 2. The number of hydrogen-bond donors (Lipinski definition) is 0. The monoisotopic (exact) mass is 362 g/mol. The van der Waals surface area contributed by atoms with Gasteiger partial charge in [-0.1, -0.05) is 0 Å². The summed E-state index contributed by atoms with van der Waals surface area (Å²) in [6.07, 6.45) is 0.493. The fourth-order valence-electron chi connectivity index (χ4n) is 1.41. The summed E-state index contributed by atoms with van der Waals surface area (Å²) < 4.78 is 11.1. The predicted molar refractivity (Wildman–Crippen MR) is 67.0 cm³/mol. The van der Waals surface area contributed by atoms with E-state index in [1.165, 1.54) is 0 Å². The Bertz CT molecular complexity index is 442. The number of carbonyl (C=O) groups excluding carboxylic acids is 2. The normalized spacial score (nSPS) is 16.1. The van der Waals surface area contributed by atoms with Crippen molar-refractivity contribution in [2.45, 2.75) is 6.42 Å². The molecule has 0 fully saturated rings. The maximum atomic E-state index is 11.7. The third kappa shape index (κ3) is 2.52. The first-order valence-electron chi connectivity index (χ1n) is 4.93. The van der Waals surface area contributed by atoms with E-state index in [2.05, 4.69) is 31.9 Å². The Labute approximate surface area is 115 Å². The Morgan fingerprint density at radius 2 is 1.29 bits per heavy atom. The first-order valence-corrected chi connectivity index (χ1v) is 6.52. The van der Waals surface area contributed by atoms with Crippen LogP contribution in [0, 0.1) is 0 Å². The van der Waals surface area contributed by atoms with E-state index in [0.717, 1.165) is 0 Å². The van der Waals surface area contributed by atoms with E-state index >= 15 is 0 Å². The Morgan fingerprint density at radius 3 is 1.71 bits per heavy atom. The summed E-state index contributed by atoms with van der Waals surface area (Å²) in [4.78, 5) is 23.4. The van der Waals surface area contributed by atoms with Crippen LogP contribution in [0.2, 0.25) is 0 Å². The van der Waals surface area contributed by atoms with Crippen molar-refractivity contribution in [1.82, 2.24) is 0 Å². The van der Waals surface area contributed by atoms with E-state index in [1.807, 2.05) is 0 Å². The standard InChI is InChI=1S/C11H8Br2O4/c12-8-6-2-3-7(9(8)13)11(15)17-5-1-4-16-10(6)14/h2-3H,1,4-5H2. The maximum Gasteiger partial charge on any atom is 0.339 e. The van der Waals surface area contributed by atoms with Crippen molar-refractivity contribution in [2.24, 2.45) is 0 Å². The van der Waals surface area contributed by atoms with E-state index in [9.17, 15) is 9.59 Å². The lowest BCUT2D eigenvalue weighted by atomic mass is 10.1. The zero-order chi connectivity index (χ0) is 12.4. The summed E-state index contributed by atoms with van der Waals surface area (Å²) in [6.45, 7) is 0.466. The van der Waals surface area contributed by atoms with Crippen LogP contribution in [0.1, 0.15) is 27.1 Å². The molecular formula is C11H8Br2O4. The average Bonchev–Trinajstić information content (AvgIpc) is 2.34. The fourth-order valence-corrected chi connectivity index (χ4v) is 2.42. The van der Waals surface area contributed by atoms with Gasteiger partial charge in [-0.05, 0) is 44.0 Å². The average molecular weight is 364 g/mol. The van der Waals surface area contributed by atoms with Gasteiger partial charge in [0.05, 0.1) is 24.3 Å². The summed E-state index contributed by atoms with van der Waals surface area (Å²) in [5.74, 6) is -0.836. The molecule has 0 aliphatic carbocycles. The lowest BCUT2D eigenvalue weighted by molar-refractivity contribution is 0.0401. The molecule has 3 rings (SSSR count). The van der Waals surface area contributed by atoms with Gasteiger partial charge in [-0.25, -0.2) is 9.59 Å². The molecule has 0 saturated carbocycles. The summed E-state index contributed by atoms with van der Waals surface area (Å²) >= 11 is 6.53. The van der Waals surface area contributed by atoms with Gasteiger partial charge < -0.3 is 9.47 Å². The van der Waals surface area contributed by atoms with Crippen molar-refractivity contribution in [3.05, 3.63) is 32.2 Å². The van der Waals surface area contributed by atoms with Crippen LogP contribution in [0.25, 0.3) is 0 Å². The first kappa shape index (κ1) is 12.6. The van der Waals surface area contributed by atoms with Gasteiger partial charge in [-0.2, -0.15) is 0 Å². The number of esters is 2. The molecule has 2 aliphatic rings. The molecule has 4 nitrogen and oxygen atoms in total. The van der Waals surface area contributed by atoms with Gasteiger partial charge in [-0.15, -0.1) is 0 Å². The Kier molecular flexibility index (Phi) is 3.83.